The molecule has 2 rings (SSSR count). The Morgan fingerprint density at radius 3 is 2.08 bits per heavy atom. The van der Waals surface area contributed by atoms with Gasteiger partial charge in [0.15, 0.2) is 0 Å². The van der Waals surface area contributed by atoms with Crippen molar-refractivity contribution in [2.45, 2.75) is 77.2 Å². The fraction of sp³-hybridized carbons (Fsp3) is 0.519. The quantitative estimate of drug-likeness (QED) is 0.155. The van der Waals surface area contributed by atoms with Crippen LogP contribution in [0.5, 0.6) is 5.75 Å². The summed E-state index contributed by atoms with van der Waals surface area (Å²) in [7, 11) is 0. The zero-order valence-corrected chi connectivity index (χ0v) is 21.6. The average molecular weight is 516 g/mol. The van der Waals surface area contributed by atoms with Crippen LogP contribution in [-0.2, 0) is 6.42 Å². The van der Waals surface area contributed by atoms with Crippen molar-refractivity contribution < 1.29 is 24.5 Å². The highest BCUT2D eigenvalue weighted by Gasteiger charge is 2.31. The Bertz CT molecular complexity index is 1010. The van der Waals surface area contributed by atoms with Gasteiger partial charge in [-0.3, -0.25) is 25.0 Å². The van der Waals surface area contributed by atoms with Gasteiger partial charge in [0.2, 0.25) is 0 Å². The van der Waals surface area contributed by atoms with E-state index in [0.29, 0.717) is 32.3 Å². The van der Waals surface area contributed by atoms with Gasteiger partial charge in [-0.1, -0.05) is 58.1 Å². The minimum atomic E-state index is -0.987. The molecule has 0 spiro atoms. The van der Waals surface area contributed by atoms with Gasteiger partial charge < -0.3 is 15.2 Å². The number of non-ortho nitro benzene ring substituents is 2. The number of nitrogens with zero attached hydrogens (tertiary/aromatic N) is 2. The van der Waals surface area contributed by atoms with Crippen LogP contribution in [-0.4, -0.2) is 39.6 Å². The largest absolute Gasteiger partial charge is 0.494 e. The van der Waals surface area contributed by atoms with Crippen LogP contribution in [0.1, 0.15) is 81.1 Å². The van der Waals surface area contributed by atoms with Crippen molar-refractivity contribution in [1.29, 1.82) is 0 Å². The second-order valence-corrected chi connectivity index (χ2v) is 9.30. The van der Waals surface area contributed by atoms with Gasteiger partial charge in [-0.05, 0) is 43.4 Å². The first kappa shape index (κ1) is 29.7. The number of benzene rings is 2. The molecule has 10 heteroatoms. The molecule has 10 nitrogen and oxygen atoms in total. The number of ether oxygens (including phenoxy) is 1. The maximum Gasteiger partial charge on any atom is 0.277 e. The summed E-state index contributed by atoms with van der Waals surface area (Å²) >= 11 is 0. The number of aliphatic hydroxyl groups excluding tert-OH is 1. The molecule has 1 amide bonds. The van der Waals surface area contributed by atoms with Crippen LogP contribution in [0.25, 0.3) is 0 Å². The van der Waals surface area contributed by atoms with Gasteiger partial charge in [-0.15, -0.1) is 0 Å². The Labute approximate surface area is 217 Å². The number of nitro groups is 2. The number of rotatable bonds is 17. The smallest absolute Gasteiger partial charge is 0.277 e. The third-order valence-electron chi connectivity index (χ3n) is 6.33. The van der Waals surface area contributed by atoms with Gasteiger partial charge in [0.05, 0.1) is 40.2 Å². The summed E-state index contributed by atoms with van der Waals surface area (Å²) in [5, 5.41) is 35.4. The fourth-order valence-corrected chi connectivity index (χ4v) is 4.21. The summed E-state index contributed by atoms with van der Waals surface area (Å²) in [5.41, 5.74) is -1.28. The minimum Gasteiger partial charge on any atom is -0.494 e. The highest BCUT2D eigenvalue weighted by molar-refractivity contribution is 5.96. The summed E-state index contributed by atoms with van der Waals surface area (Å²) in [6.45, 7) is 4.44. The molecule has 1 unspecified atom stereocenters. The van der Waals surface area contributed by atoms with Gasteiger partial charge >= 0.3 is 0 Å². The Morgan fingerprint density at radius 2 is 1.54 bits per heavy atom. The number of carbonyl (C=O) groups excluding carboxylic acids is 1. The molecule has 2 aromatic rings. The number of nitrogens with one attached hydrogen (secondary N) is 1. The molecular formula is C27H37N3O7. The average Bonchev–Trinajstić information content (AvgIpc) is 2.89. The third-order valence-corrected chi connectivity index (χ3v) is 6.33. The molecule has 0 aromatic heterocycles. The number of hydrogen-bond acceptors (Lipinski definition) is 7. The Morgan fingerprint density at radius 1 is 0.919 bits per heavy atom. The van der Waals surface area contributed by atoms with E-state index in [2.05, 4.69) is 12.2 Å². The predicted molar refractivity (Wildman–Crippen MR) is 141 cm³/mol. The molecule has 202 valence electrons. The highest BCUT2D eigenvalue weighted by atomic mass is 16.6. The molecule has 0 saturated carbocycles. The zero-order valence-electron chi connectivity index (χ0n) is 21.6. The van der Waals surface area contributed by atoms with Crippen molar-refractivity contribution >= 4 is 17.3 Å². The highest BCUT2D eigenvalue weighted by Crippen LogP contribution is 2.26. The summed E-state index contributed by atoms with van der Waals surface area (Å²) in [6.07, 6.45) is 7.95. The Kier molecular flexibility index (Phi) is 12.0. The number of aryl methyl sites for hydroxylation is 1. The molecule has 37 heavy (non-hydrogen) atoms. The lowest BCUT2D eigenvalue weighted by atomic mass is 9.87. The molecule has 0 aliphatic rings. The molecule has 2 N–H and O–H groups in total. The maximum atomic E-state index is 13.0. The monoisotopic (exact) mass is 515 g/mol. The van der Waals surface area contributed by atoms with Gasteiger partial charge in [0, 0.05) is 12.1 Å². The standard InChI is InChI=1S/C27H37N3O7/c1-3-5-6-7-8-16-37-25-11-9-21(10-12-25)13-15-27(20-31,14-4-2)28-26(32)22-17-23(29(33)34)19-24(18-22)30(35)36/h9-12,17-19,31H,3-8,13-16,20H2,1-2H3,(H,28,32). The van der Waals surface area contributed by atoms with Crippen molar-refractivity contribution in [2.75, 3.05) is 13.2 Å². The summed E-state index contributed by atoms with van der Waals surface area (Å²) in [5.74, 6) is 0.0822. The first-order valence-electron chi connectivity index (χ1n) is 12.8. The molecule has 0 radical (unpaired) electrons. The SMILES string of the molecule is CCCCCCCOc1ccc(CCC(CO)(CCC)NC(=O)c2cc([N+](=O)[O-])cc([N+](=O)[O-])c2)cc1. The number of hydrogen-bond donors (Lipinski definition) is 2. The second-order valence-electron chi connectivity index (χ2n) is 9.30. The molecule has 0 saturated heterocycles. The number of amides is 1. The number of unbranched alkanes of at least 4 members (excludes halogenated alkanes) is 4. The third kappa shape index (κ3) is 9.45. The van der Waals surface area contributed by atoms with Crippen LogP contribution in [0, 0.1) is 20.2 Å². The summed E-state index contributed by atoms with van der Waals surface area (Å²) in [4.78, 5) is 33.8. The van der Waals surface area contributed by atoms with Crippen LogP contribution in [0.2, 0.25) is 0 Å². The molecule has 0 bridgehead atoms. The number of aliphatic hydroxyl groups is 1. The van der Waals surface area contributed by atoms with Crippen molar-refractivity contribution in [3.63, 3.8) is 0 Å². The fourth-order valence-electron chi connectivity index (χ4n) is 4.21. The van der Waals surface area contributed by atoms with Crippen molar-refractivity contribution in [3.8, 4) is 5.75 Å². The van der Waals surface area contributed by atoms with E-state index in [9.17, 15) is 30.1 Å². The van der Waals surface area contributed by atoms with E-state index in [1.165, 1.54) is 19.3 Å². The second kappa shape index (κ2) is 14.9. The van der Waals surface area contributed by atoms with Crippen molar-refractivity contribution in [2.24, 2.45) is 0 Å². The van der Waals surface area contributed by atoms with Crippen molar-refractivity contribution in [3.05, 3.63) is 73.8 Å². The van der Waals surface area contributed by atoms with E-state index in [-0.39, 0.29) is 12.2 Å². The van der Waals surface area contributed by atoms with E-state index in [4.69, 9.17) is 4.74 Å². The van der Waals surface area contributed by atoms with Crippen LogP contribution in [0.3, 0.4) is 0 Å². The van der Waals surface area contributed by atoms with Crippen LogP contribution in [0.15, 0.2) is 42.5 Å². The molecule has 0 aliphatic carbocycles. The van der Waals surface area contributed by atoms with Crippen LogP contribution < -0.4 is 10.1 Å². The van der Waals surface area contributed by atoms with Crippen LogP contribution >= 0.6 is 0 Å². The molecule has 1 atom stereocenters. The predicted octanol–water partition coefficient (Wildman–Crippen LogP) is 5.75. The van der Waals surface area contributed by atoms with E-state index in [1.807, 2.05) is 31.2 Å². The summed E-state index contributed by atoms with van der Waals surface area (Å²) in [6, 6.07) is 10.5. The summed E-state index contributed by atoms with van der Waals surface area (Å²) < 4.78 is 5.81. The lowest BCUT2D eigenvalue weighted by Gasteiger charge is -2.33. The first-order chi connectivity index (χ1) is 17.7. The van der Waals surface area contributed by atoms with E-state index in [0.717, 1.165) is 42.4 Å². The maximum absolute atomic E-state index is 13.0. The molecule has 0 fully saturated rings. The minimum absolute atomic E-state index is 0.203. The van der Waals surface area contributed by atoms with Gasteiger partial charge in [-0.2, -0.15) is 0 Å². The molecule has 0 heterocycles. The number of carbonyl (C=O) groups is 1. The topological polar surface area (TPSA) is 145 Å². The van der Waals surface area contributed by atoms with Gasteiger partial charge in [-0.25, -0.2) is 0 Å². The first-order valence-corrected chi connectivity index (χ1v) is 12.8. The number of nitro benzene ring substituents is 2. The van der Waals surface area contributed by atoms with E-state index in [1.54, 1.807) is 0 Å². The normalized spacial score (nSPS) is 12.5. The lowest BCUT2D eigenvalue weighted by molar-refractivity contribution is -0.394. The molecule has 2 aromatic carbocycles. The molecular weight excluding hydrogens is 478 g/mol. The Balaban J connectivity index is 2.06. The van der Waals surface area contributed by atoms with E-state index >= 15 is 0 Å². The van der Waals surface area contributed by atoms with E-state index < -0.39 is 32.7 Å². The van der Waals surface area contributed by atoms with Gasteiger partial charge in [0.1, 0.15) is 5.75 Å². The lowest BCUT2D eigenvalue weighted by Crippen LogP contribution is -2.51. The van der Waals surface area contributed by atoms with Crippen molar-refractivity contribution in [1.82, 2.24) is 5.32 Å². The van der Waals surface area contributed by atoms with Gasteiger partial charge in [0.25, 0.3) is 17.3 Å². The zero-order chi connectivity index (χ0) is 27.3. The molecule has 0 aliphatic heterocycles. The Hall–Kier alpha value is -3.53. The van der Waals surface area contributed by atoms with Crippen LogP contribution in [0.4, 0.5) is 11.4 Å².